The van der Waals surface area contributed by atoms with Crippen LogP contribution in [-0.2, 0) is 4.74 Å². The number of nitrogens with zero attached hydrogens (tertiary/aromatic N) is 1. The number of rotatable bonds is 3. The van der Waals surface area contributed by atoms with Crippen LogP contribution in [0.15, 0.2) is 30.5 Å². The Labute approximate surface area is 132 Å². The van der Waals surface area contributed by atoms with Crippen LogP contribution in [0.2, 0.25) is 0 Å². The predicted molar refractivity (Wildman–Crippen MR) is 94.9 cm³/mol. The van der Waals surface area contributed by atoms with Crippen LogP contribution in [0.5, 0.6) is 0 Å². The molecule has 0 radical (unpaired) electrons. The van der Waals surface area contributed by atoms with Gasteiger partial charge in [0, 0.05) is 30.9 Å². The van der Waals surface area contributed by atoms with Crippen molar-refractivity contribution in [2.24, 2.45) is 0 Å². The quantitative estimate of drug-likeness (QED) is 0.575. The summed E-state index contributed by atoms with van der Waals surface area (Å²) in [6, 6.07) is 7.77. The maximum Gasteiger partial charge on any atom is 0.167 e. The van der Waals surface area contributed by atoms with Crippen molar-refractivity contribution >= 4 is 31.7 Å². The average Bonchev–Trinajstić information content (AvgIpc) is 3.17. The highest BCUT2D eigenvalue weighted by Crippen LogP contribution is 2.26. The second-order valence-electron chi connectivity index (χ2n) is 4.37. The fourth-order valence-electron chi connectivity index (χ4n) is 1.93. The summed E-state index contributed by atoms with van der Waals surface area (Å²) < 4.78 is 4.54. The summed E-state index contributed by atoms with van der Waals surface area (Å²) in [6.45, 7) is 2.78. The summed E-state index contributed by atoms with van der Waals surface area (Å²) in [5.41, 5.74) is 3.27. The second kappa shape index (κ2) is 8.47. The smallest absolute Gasteiger partial charge is 0.167 e. The largest absolute Gasteiger partial charge is 0.385 e. The standard InChI is InChI=1S/C12H10N3OP.C3H8O.CH4/c16-6-7-5-10(15-14-7)8-1-2-11(17)9-3-4-13-12(8)9;1-3-4-2;/h1-6,13H,17H2,(H,14,15);3H2,1-2H3;1H4. The number of nitrogens with one attached hydrogen (secondary N) is 2. The zero-order valence-corrected chi connectivity index (χ0v) is 13.2. The minimum absolute atomic E-state index is 0. The zero-order valence-electron chi connectivity index (χ0n) is 12.0. The number of carbonyl (C=O) groups excluding carboxylic acids is 1. The van der Waals surface area contributed by atoms with Crippen molar-refractivity contribution in [1.29, 1.82) is 0 Å². The van der Waals surface area contributed by atoms with E-state index < -0.39 is 0 Å². The topological polar surface area (TPSA) is 70.8 Å². The molecule has 0 saturated heterocycles. The number of aromatic amines is 2. The lowest BCUT2D eigenvalue weighted by Gasteiger charge is -2.01. The van der Waals surface area contributed by atoms with E-state index in [2.05, 4.69) is 29.2 Å². The van der Waals surface area contributed by atoms with Crippen LogP contribution in [0.25, 0.3) is 22.2 Å². The molecule has 0 spiro atoms. The van der Waals surface area contributed by atoms with Gasteiger partial charge in [-0.1, -0.05) is 13.5 Å². The van der Waals surface area contributed by atoms with E-state index in [-0.39, 0.29) is 7.43 Å². The molecule has 0 saturated carbocycles. The molecular formula is C16H22N3O2P. The van der Waals surface area contributed by atoms with Crippen LogP contribution in [0, 0.1) is 0 Å². The highest BCUT2D eigenvalue weighted by Gasteiger charge is 2.09. The number of aromatic nitrogens is 3. The molecule has 22 heavy (non-hydrogen) atoms. The second-order valence-corrected chi connectivity index (χ2v) is 4.99. The first-order valence-corrected chi connectivity index (χ1v) is 7.14. The van der Waals surface area contributed by atoms with Gasteiger partial charge in [0.1, 0.15) is 0 Å². The van der Waals surface area contributed by atoms with Gasteiger partial charge in [-0.3, -0.25) is 9.89 Å². The van der Waals surface area contributed by atoms with Gasteiger partial charge in [0.25, 0.3) is 0 Å². The van der Waals surface area contributed by atoms with E-state index >= 15 is 0 Å². The Morgan fingerprint density at radius 3 is 2.68 bits per heavy atom. The van der Waals surface area contributed by atoms with Crippen molar-refractivity contribution < 1.29 is 9.53 Å². The van der Waals surface area contributed by atoms with Crippen molar-refractivity contribution in [3.05, 3.63) is 36.2 Å². The maximum atomic E-state index is 10.6. The third kappa shape index (κ3) is 3.81. The van der Waals surface area contributed by atoms with Gasteiger partial charge < -0.3 is 9.72 Å². The van der Waals surface area contributed by atoms with Crippen LogP contribution < -0.4 is 5.30 Å². The first-order valence-electron chi connectivity index (χ1n) is 6.56. The predicted octanol–water partition coefficient (Wildman–Crippen LogP) is 3.16. The minimum atomic E-state index is 0. The molecule has 1 unspecified atom stereocenters. The molecule has 2 aromatic heterocycles. The Bertz CT molecular complexity index is 732. The van der Waals surface area contributed by atoms with Crippen LogP contribution in [0.4, 0.5) is 0 Å². The fourth-order valence-corrected chi connectivity index (χ4v) is 2.26. The number of ether oxygens (including phenoxy) is 1. The van der Waals surface area contributed by atoms with Crippen molar-refractivity contribution in [3.8, 4) is 11.3 Å². The molecule has 3 rings (SSSR count). The lowest BCUT2D eigenvalue weighted by Crippen LogP contribution is -1.92. The van der Waals surface area contributed by atoms with E-state index in [0.717, 1.165) is 40.4 Å². The third-order valence-corrected chi connectivity index (χ3v) is 3.55. The number of H-pyrrole nitrogens is 2. The first kappa shape index (κ1) is 18.1. The number of carbonyl (C=O) groups is 1. The third-order valence-electron chi connectivity index (χ3n) is 3.05. The summed E-state index contributed by atoms with van der Waals surface area (Å²) in [5, 5.41) is 9.10. The Morgan fingerprint density at radius 2 is 2.09 bits per heavy atom. The molecule has 2 N–H and O–H groups in total. The summed E-state index contributed by atoms with van der Waals surface area (Å²) in [5.74, 6) is 0. The van der Waals surface area contributed by atoms with Gasteiger partial charge in [0.05, 0.1) is 16.9 Å². The van der Waals surface area contributed by atoms with E-state index in [1.165, 1.54) is 0 Å². The lowest BCUT2D eigenvalue weighted by atomic mass is 10.1. The maximum absolute atomic E-state index is 10.6. The van der Waals surface area contributed by atoms with Crippen LogP contribution in [0.3, 0.4) is 0 Å². The molecule has 5 nitrogen and oxygen atoms in total. The highest BCUT2D eigenvalue weighted by atomic mass is 31.0. The molecule has 0 bridgehead atoms. The van der Waals surface area contributed by atoms with E-state index in [9.17, 15) is 4.79 Å². The number of fused-ring (bicyclic) bond motifs is 1. The molecule has 0 amide bonds. The Hall–Kier alpha value is -1.97. The SMILES string of the molecule is C.CCOC.O=Cc1cc(-c2ccc(P)c3cc[nH]c23)n[nH]1. The monoisotopic (exact) mass is 319 g/mol. The van der Waals surface area contributed by atoms with Crippen LogP contribution in [0.1, 0.15) is 24.8 Å². The van der Waals surface area contributed by atoms with Crippen LogP contribution in [-0.4, -0.2) is 35.2 Å². The van der Waals surface area contributed by atoms with E-state index in [0.29, 0.717) is 5.69 Å². The van der Waals surface area contributed by atoms with Crippen LogP contribution >= 0.6 is 9.24 Å². The number of benzene rings is 1. The van der Waals surface area contributed by atoms with Gasteiger partial charge in [-0.2, -0.15) is 5.10 Å². The molecular weight excluding hydrogens is 297 g/mol. The minimum Gasteiger partial charge on any atom is -0.385 e. The lowest BCUT2D eigenvalue weighted by molar-refractivity contribution is 0.111. The molecule has 0 aliphatic heterocycles. The Morgan fingerprint density at radius 1 is 1.36 bits per heavy atom. The zero-order chi connectivity index (χ0) is 15.2. The molecule has 0 aliphatic rings. The molecule has 0 fully saturated rings. The number of hydrogen-bond acceptors (Lipinski definition) is 3. The molecule has 118 valence electrons. The van der Waals surface area contributed by atoms with Crippen molar-refractivity contribution in [2.45, 2.75) is 14.4 Å². The molecule has 3 aromatic rings. The normalized spacial score (nSPS) is 9.77. The molecule has 1 aromatic carbocycles. The Kier molecular flexibility index (Phi) is 6.96. The molecule has 2 heterocycles. The van der Waals surface area contributed by atoms with Gasteiger partial charge in [0.2, 0.25) is 0 Å². The number of hydrogen-bond donors (Lipinski definition) is 2. The highest BCUT2D eigenvalue weighted by molar-refractivity contribution is 7.28. The molecule has 0 aliphatic carbocycles. The summed E-state index contributed by atoms with van der Waals surface area (Å²) >= 11 is 0. The molecule has 1 atom stereocenters. The van der Waals surface area contributed by atoms with Gasteiger partial charge >= 0.3 is 0 Å². The Balaban J connectivity index is 0.000000436. The fraction of sp³-hybridized carbons (Fsp3) is 0.250. The summed E-state index contributed by atoms with van der Waals surface area (Å²) in [7, 11) is 4.39. The van der Waals surface area contributed by atoms with E-state index in [1.807, 2.05) is 31.3 Å². The number of aldehydes is 1. The van der Waals surface area contributed by atoms with Gasteiger partial charge in [0.15, 0.2) is 6.29 Å². The van der Waals surface area contributed by atoms with Gasteiger partial charge in [-0.05, 0) is 30.4 Å². The van der Waals surface area contributed by atoms with E-state index in [1.54, 1.807) is 13.2 Å². The summed E-state index contributed by atoms with van der Waals surface area (Å²) in [6.07, 6.45) is 2.65. The van der Waals surface area contributed by atoms with Crippen molar-refractivity contribution in [3.63, 3.8) is 0 Å². The van der Waals surface area contributed by atoms with E-state index in [4.69, 9.17) is 0 Å². The molecule has 6 heteroatoms. The van der Waals surface area contributed by atoms with Crippen molar-refractivity contribution in [2.75, 3.05) is 13.7 Å². The first-order chi connectivity index (χ1) is 10.2. The number of methoxy groups -OCH3 is 1. The summed E-state index contributed by atoms with van der Waals surface area (Å²) in [4.78, 5) is 13.8. The van der Waals surface area contributed by atoms with Crippen molar-refractivity contribution in [1.82, 2.24) is 15.2 Å². The van der Waals surface area contributed by atoms with Gasteiger partial charge in [-0.15, -0.1) is 9.24 Å². The average molecular weight is 319 g/mol. The van der Waals surface area contributed by atoms with Gasteiger partial charge in [-0.25, -0.2) is 0 Å².